The quantitative estimate of drug-likeness (QED) is 0.340. The first kappa shape index (κ1) is 13.4. The van der Waals surface area contributed by atoms with E-state index in [9.17, 15) is 4.79 Å². The highest BCUT2D eigenvalue weighted by Crippen LogP contribution is 2.08. The zero-order valence-corrected chi connectivity index (χ0v) is 9.58. The predicted octanol–water partition coefficient (Wildman–Crippen LogP) is 3.12. The van der Waals surface area contributed by atoms with Crippen LogP contribution in [-0.2, 0) is 9.53 Å². The zero-order valence-electron chi connectivity index (χ0n) is 9.58. The lowest BCUT2D eigenvalue weighted by molar-refractivity contribution is -0.105. The van der Waals surface area contributed by atoms with Crippen molar-refractivity contribution >= 4 is 6.29 Å². The third-order valence-electron chi connectivity index (χ3n) is 2.29. The van der Waals surface area contributed by atoms with Crippen molar-refractivity contribution < 1.29 is 9.53 Å². The zero-order chi connectivity index (χ0) is 10.8. The number of hydrogen-bond donors (Lipinski definition) is 0. The molecule has 0 aliphatic carbocycles. The Kier molecular flexibility index (Phi) is 8.54. The molecule has 0 amide bonds. The van der Waals surface area contributed by atoms with E-state index in [0.717, 1.165) is 24.7 Å². The van der Waals surface area contributed by atoms with Crippen molar-refractivity contribution in [2.45, 2.75) is 52.1 Å². The minimum Gasteiger partial charge on any atom is -0.381 e. The third-order valence-corrected chi connectivity index (χ3v) is 2.29. The van der Waals surface area contributed by atoms with Gasteiger partial charge >= 0.3 is 0 Å². The van der Waals surface area contributed by atoms with Crippen molar-refractivity contribution in [3.63, 3.8) is 0 Å². The van der Waals surface area contributed by atoms with Gasteiger partial charge in [-0.1, -0.05) is 25.8 Å². The smallest absolute Gasteiger partial charge is 0.145 e. The van der Waals surface area contributed by atoms with E-state index in [2.05, 4.69) is 6.92 Å². The average Bonchev–Trinajstić information content (AvgIpc) is 2.22. The van der Waals surface area contributed by atoms with Crippen molar-refractivity contribution in [1.82, 2.24) is 0 Å². The molecule has 0 rings (SSSR count). The monoisotopic (exact) mass is 198 g/mol. The number of ether oxygens (including phenoxy) is 1. The molecule has 1 unspecified atom stereocenters. The summed E-state index contributed by atoms with van der Waals surface area (Å²) in [5.74, 6) is 0. The normalized spacial score (nSPS) is 14.1. The summed E-state index contributed by atoms with van der Waals surface area (Å²) in [7, 11) is 1.67. The van der Waals surface area contributed by atoms with Crippen LogP contribution in [0.5, 0.6) is 0 Å². The Morgan fingerprint density at radius 3 is 2.64 bits per heavy atom. The first-order valence-corrected chi connectivity index (χ1v) is 5.41. The summed E-state index contributed by atoms with van der Waals surface area (Å²) in [6.45, 7) is 4.15. The van der Waals surface area contributed by atoms with Gasteiger partial charge in [0.05, 0.1) is 6.10 Å². The van der Waals surface area contributed by atoms with E-state index < -0.39 is 0 Å². The maximum Gasteiger partial charge on any atom is 0.145 e. The molecule has 0 spiro atoms. The molecule has 0 bridgehead atoms. The Morgan fingerprint density at radius 2 is 2.14 bits per heavy atom. The molecule has 0 radical (unpaired) electrons. The van der Waals surface area contributed by atoms with Gasteiger partial charge in [-0.15, -0.1) is 0 Å². The highest BCUT2D eigenvalue weighted by Gasteiger charge is 2.02. The highest BCUT2D eigenvalue weighted by atomic mass is 16.5. The van der Waals surface area contributed by atoms with Gasteiger partial charge in [0.1, 0.15) is 6.29 Å². The van der Waals surface area contributed by atoms with Gasteiger partial charge in [-0.25, -0.2) is 0 Å². The van der Waals surface area contributed by atoms with Crippen LogP contribution < -0.4 is 0 Å². The maximum absolute atomic E-state index is 10.7. The molecule has 0 saturated carbocycles. The molecule has 0 aromatic rings. The first-order chi connectivity index (χ1) is 6.74. The van der Waals surface area contributed by atoms with E-state index in [-0.39, 0.29) is 6.10 Å². The topological polar surface area (TPSA) is 26.3 Å². The number of allylic oxidation sites excluding steroid dienone is 1. The third kappa shape index (κ3) is 6.84. The van der Waals surface area contributed by atoms with Crippen molar-refractivity contribution in [2.75, 3.05) is 7.11 Å². The number of methoxy groups -OCH3 is 1. The van der Waals surface area contributed by atoms with Gasteiger partial charge in [0.25, 0.3) is 0 Å². The predicted molar refractivity (Wildman–Crippen MR) is 59.4 cm³/mol. The minimum atomic E-state index is 0.137. The summed E-state index contributed by atoms with van der Waals surface area (Å²) < 4.78 is 5.11. The largest absolute Gasteiger partial charge is 0.381 e. The van der Waals surface area contributed by atoms with Gasteiger partial charge < -0.3 is 4.74 Å². The highest BCUT2D eigenvalue weighted by molar-refractivity contribution is 5.73. The fraction of sp³-hybridized carbons (Fsp3) is 0.750. The maximum atomic E-state index is 10.7. The number of hydrogen-bond acceptors (Lipinski definition) is 2. The summed E-state index contributed by atoms with van der Waals surface area (Å²) >= 11 is 0. The van der Waals surface area contributed by atoms with Crippen LogP contribution in [-0.4, -0.2) is 19.5 Å². The second-order valence-corrected chi connectivity index (χ2v) is 3.64. The molecule has 0 heterocycles. The van der Waals surface area contributed by atoms with E-state index in [4.69, 9.17) is 4.74 Å². The van der Waals surface area contributed by atoms with Crippen LogP contribution >= 0.6 is 0 Å². The Hall–Kier alpha value is -0.630. The van der Waals surface area contributed by atoms with Crippen LogP contribution in [0.15, 0.2) is 11.6 Å². The molecular formula is C12H22O2. The average molecular weight is 198 g/mol. The SMILES string of the molecule is CCCCC/C=C(\C=O)CC(C)OC. The molecule has 0 aliphatic heterocycles. The van der Waals surface area contributed by atoms with Gasteiger partial charge in [-0.2, -0.15) is 0 Å². The molecule has 1 atom stereocenters. The van der Waals surface area contributed by atoms with Gasteiger partial charge in [0, 0.05) is 13.5 Å². The van der Waals surface area contributed by atoms with E-state index in [0.29, 0.717) is 0 Å². The van der Waals surface area contributed by atoms with Crippen molar-refractivity contribution in [2.24, 2.45) is 0 Å². The standard InChI is InChI=1S/C12H22O2/c1-4-5-6-7-8-12(10-13)9-11(2)14-3/h8,10-11H,4-7,9H2,1-3H3/b12-8-. The lowest BCUT2D eigenvalue weighted by Crippen LogP contribution is -2.06. The number of carbonyl (C=O) groups excluding carboxylic acids is 1. The molecule has 82 valence electrons. The van der Waals surface area contributed by atoms with Gasteiger partial charge in [-0.3, -0.25) is 4.79 Å². The Labute approximate surface area is 87.3 Å². The van der Waals surface area contributed by atoms with E-state index >= 15 is 0 Å². The van der Waals surface area contributed by atoms with Gasteiger partial charge in [-0.05, 0) is 25.3 Å². The van der Waals surface area contributed by atoms with Crippen molar-refractivity contribution in [3.05, 3.63) is 11.6 Å². The number of aldehydes is 1. The number of carbonyl (C=O) groups is 1. The van der Waals surface area contributed by atoms with Crippen LogP contribution in [0.2, 0.25) is 0 Å². The van der Waals surface area contributed by atoms with Crippen molar-refractivity contribution in [1.29, 1.82) is 0 Å². The summed E-state index contributed by atoms with van der Waals surface area (Å²) in [6.07, 6.45) is 8.50. The molecule has 2 nitrogen and oxygen atoms in total. The molecule has 0 aliphatic rings. The second kappa shape index (κ2) is 8.95. The fourth-order valence-corrected chi connectivity index (χ4v) is 1.28. The van der Waals surface area contributed by atoms with E-state index in [1.807, 2.05) is 13.0 Å². The van der Waals surface area contributed by atoms with Crippen LogP contribution in [0, 0.1) is 0 Å². The Morgan fingerprint density at radius 1 is 1.43 bits per heavy atom. The summed E-state index contributed by atoms with van der Waals surface area (Å²) in [4.78, 5) is 10.7. The first-order valence-electron chi connectivity index (χ1n) is 5.41. The van der Waals surface area contributed by atoms with Crippen LogP contribution in [0.3, 0.4) is 0 Å². The molecule has 0 aromatic carbocycles. The van der Waals surface area contributed by atoms with Crippen LogP contribution in [0.25, 0.3) is 0 Å². The summed E-state index contributed by atoms with van der Waals surface area (Å²) in [5.41, 5.74) is 0.871. The number of rotatable bonds is 8. The molecule has 2 heteroatoms. The Balaban J connectivity index is 3.80. The molecule has 14 heavy (non-hydrogen) atoms. The second-order valence-electron chi connectivity index (χ2n) is 3.64. The van der Waals surface area contributed by atoms with Crippen LogP contribution in [0.1, 0.15) is 46.0 Å². The fourth-order valence-electron chi connectivity index (χ4n) is 1.28. The lowest BCUT2D eigenvalue weighted by atomic mass is 10.1. The molecule has 0 saturated heterocycles. The van der Waals surface area contributed by atoms with Crippen molar-refractivity contribution in [3.8, 4) is 0 Å². The van der Waals surface area contributed by atoms with Crippen LogP contribution in [0.4, 0.5) is 0 Å². The molecule has 0 N–H and O–H groups in total. The Bertz CT molecular complexity index is 173. The molecule has 0 fully saturated rings. The number of unbranched alkanes of at least 4 members (excludes halogenated alkanes) is 3. The molecular weight excluding hydrogens is 176 g/mol. The lowest BCUT2D eigenvalue weighted by Gasteiger charge is -2.08. The summed E-state index contributed by atoms with van der Waals surface area (Å²) in [6, 6.07) is 0. The molecule has 0 aromatic heterocycles. The minimum absolute atomic E-state index is 0.137. The van der Waals surface area contributed by atoms with Gasteiger partial charge in [0.2, 0.25) is 0 Å². The van der Waals surface area contributed by atoms with Gasteiger partial charge in [0.15, 0.2) is 0 Å². The summed E-state index contributed by atoms with van der Waals surface area (Å²) in [5, 5.41) is 0. The van der Waals surface area contributed by atoms with E-state index in [1.165, 1.54) is 19.3 Å². The van der Waals surface area contributed by atoms with E-state index in [1.54, 1.807) is 7.11 Å².